The predicted octanol–water partition coefficient (Wildman–Crippen LogP) is 1.11. The SMILES string of the molecule is OC12CC3CC(O)(C1)CC(S)(C3)C2. The van der Waals surface area contributed by atoms with Crippen LogP contribution >= 0.6 is 12.6 Å². The molecule has 0 radical (unpaired) electrons. The van der Waals surface area contributed by atoms with E-state index in [1.165, 1.54) is 0 Å². The lowest BCUT2D eigenvalue weighted by Gasteiger charge is -2.61. The van der Waals surface area contributed by atoms with E-state index in [1.54, 1.807) is 0 Å². The third-order valence-electron chi connectivity index (χ3n) is 3.98. The molecule has 0 aromatic rings. The zero-order valence-corrected chi connectivity index (χ0v) is 8.56. The van der Waals surface area contributed by atoms with Gasteiger partial charge in [-0.1, -0.05) is 0 Å². The maximum Gasteiger partial charge on any atom is 0.0691 e. The first-order valence-corrected chi connectivity index (χ1v) is 5.52. The van der Waals surface area contributed by atoms with Crippen molar-refractivity contribution in [2.24, 2.45) is 5.92 Å². The van der Waals surface area contributed by atoms with Gasteiger partial charge in [0.2, 0.25) is 0 Å². The van der Waals surface area contributed by atoms with Gasteiger partial charge in [0.15, 0.2) is 0 Å². The van der Waals surface area contributed by atoms with Gasteiger partial charge in [-0.3, -0.25) is 0 Å². The fourth-order valence-corrected chi connectivity index (χ4v) is 5.13. The van der Waals surface area contributed by atoms with E-state index in [0.29, 0.717) is 12.3 Å². The lowest BCUT2D eigenvalue weighted by atomic mass is 9.52. The van der Waals surface area contributed by atoms with Crippen molar-refractivity contribution < 1.29 is 10.2 Å². The van der Waals surface area contributed by atoms with E-state index in [9.17, 15) is 10.2 Å². The molecule has 4 aliphatic rings. The minimum Gasteiger partial charge on any atom is -0.390 e. The molecule has 2 N–H and O–H groups in total. The summed E-state index contributed by atoms with van der Waals surface area (Å²) in [6, 6.07) is 0. The van der Waals surface area contributed by atoms with Crippen molar-refractivity contribution in [3.8, 4) is 0 Å². The zero-order chi connectivity index (χ0) is 9.32. The van der Waals surface area contributed by atoms with Crippen LogP contribution in [-0.2, 0) is 0 Å². The standard InChI is InChI=1S/C10H16O2S/c11-8-1-7-2-9(12,4-8)6-10(13,3-7)5-8/h7,11-13H,1-6H2. The summed E-state index contributed by atoms with van der Waals surface area (Å²) in [4.78, 5) is 0. The van der Waals surface area contributed by atoms with Gasteiger partial charge in [0.25, 0.3) is 0 Å². The predicted molar refractivity (Wildman–Crippen MR) is 52.8 cm³/mol. The number of thiol groups is 1. The minimum absolute atomic E-state index is 0.0804. The lowest BCUT2D eigenvalue weighted by molar-refractivity contribution is -0.189. The number of aliphatic hydroxyl groups is 2. The fourth-order valence-electron chi connectivity index (χ4n) is 4.29. The summed E-state index contributed by atoms with van der Waals surface area (Å²) in [5, 5.41) is 20.4. The summed E-state index contributed by atoms with van der Waals surface area (Å²) in [5.41, 5.74) is -1.20. The maximum absolute atomic E-state index is 10.2. The zero-order valence-electron chi connectivity index (χ0n) is 7.66. The van der Waals surface area contributed by atoms with E-state index in [0.717, 1.165) is 32.1 Å². The molecule has 0 amide bonds. The molecule has 4 fully saturated rings. The lowest BCUT2D eigenvalue weighted by Crippen LogP contribution is -2.64. The van der Waals surface area contributed by atoms with Crippen molar-refractivity contribution in [1.82, 2.24) is 0 Å². The van der Waals surface area contributed by atoms with Crippen molar-refractivity contribution in [2.45, 2.75) is 54.5 Å². The Balaban J connectivity index is 2.03. The third-order valence-corrected chi connectivity index (χ3v) is 4.48. The average molecular weight is 200 g/mol. The molecule has 13 heavy (non-hydrogen) atoms. The Kier molecular flexibility index (Phi) is 1.38. The minimum atomic E-state index is -0.601. The molecule has 0 aliphatic heterocycles. The molecule has 4 rings (SSSR count). The van der Waals surface area contributed by atoms with Gasteiger partial charge >= 0.3 is 0 Å². The van der Waals surface area contributed by atoms with Gasteiger partial charge < -0.3 is 10.2 Å². The smallest absolute Gasteiger partial charge is 0.0691 e. The number of hydrogen-bond acceptors (Lipinski definition) is 3. The molecule has 4 bridgehead atoms. The summed E-state index contributed by atoms with van der Waals surface area (Å²) in [7, 11) is 0. The molecule has 2 atom stereocenters. The van der Waals surface area contributed by atoms with Gasteiger partial charge in [-0.15, -0.1) is 0 Å². The van der Waals surface area contributed by atoms with Crippen LogP contribution in [0.5, 0.6) is 0 Å². The summed E-state index contributed by atoms with van der Waals surface area (Å²) < 4.78 is -0.0804. The van der Waals surface area contributed by atoms with Crippen molar-refractivity contribution >= 4 is 12.6 Å². The second kappa shape index (κ2) is 2.10. The van der Waals surface area contributed by atoms with Crippen LogP contribution in [0.1, 0.15) is 38.5 Å². The molecule has 0 spiro atoms. The van der Waals surface area contributed by atoms with Crippen molar-refractivity contribution in [1.29, 1.82) is 0 Å². The summed E-state index contributed by atoms with van der Waals surface area (Å²) >= 11 is 4.64. The molecule has 4 saturated carbocycles. The van der Waals surface area contributed by atoms with E-state index >= 15 is 0 Å². The van der Waals surface area contributed by atoms with Gasteiger partial charge in [-0.25, -0.2) is 0 Å². The Labute approximate surface area is 83.7 Å². The van der Waals surface area contributed by atoms with Crippen molar-refractivity contribution in [3.63, 3.8) is 0 Å². The highest BCUT2D eigenvalue weighted by atomic mass is 32.1. The average Bonchev–Trinajstić information content (AvgIpc) is 1.71. The molecule has 3 heteroatoms. The Hall–Kier alpha value is 0.270. The Morgan fingerprint density at radius 2 is 1.46 bits per heavy atom. The molecule has 74 valence electrons. The van der Waals surface area contributed by atoms with E-state index in [1.807, 2.05) is 0 Å². The van der Waals surface area contributed by atoms with Crippen LogP contribution in [0.2, 0.25) is 0 Å². The van der Waals surface area contributed by atoms with Gasteiger partial charge in [-0.2, -0.15) is 12.6 Å². The van der Waals surface area contributed by atoms with Crippen LogP contribution in [0.15, 0.2) is 0 Å². The second-order valence-electron chi connectivity index (χ2n) is 5.68. The van der Waals surface area contributed by atoms with E-state index < -0.39 is 11.2 Å². The first kappa shape index (κ1) is 8.57. The summed E-state index contributed by atoms with van der Waals surface area (Å²) in [6.45, 7) is 0. The highest BCUT2D eigenvalue weighted by Crippen LogP contribution is 2.61. The fraction of sp³-hybridized carbons (Fsp3) is 1.00. The largest absolute Gasteiger partial charge is 0.390 e. The highest BCUT2D eigenvalue weighted by molar-refractivity contribution is 7.81. The second-order valence-corrected chi connectivity index (χ2v) is 6.63. The molecule has 4 aliphatic carbocycles. The first-order chi connectivity index (χ1) is 5.91. The van der Waals surface area contributed by atoms with Crippen LogP contribution in [0, 0.1) is 5.92 Å². The highest BCUT2D eigenvalue weighted by Gasteiger charge is 2.61. The molecular weight excluding hydrogens is 184 g/mol. The van der Waals surface area contributed by atoms with E-state index in [2.05, 4.69) is 12.6 Å². The normalized spacial score (nSPS) is 64.4. The van der Waals surface area contributed by atoms with Gasteiger partial charge in [0.05, 0.1) is 11.2 Å². The first-order valence-electron chi connectivity index (χ1n) is 5.08. The van der Waals surface area contributed by atoms with Gasteiger partial charge in [0.1, 0.15) is 0 Å². The molecule has 0 aromatic carbocycles. The molecular formula is C10H16O2S. The third kappa shape index (κ3) is 1.17. The van der Waals surface area contributed by atoms with E-state index in [4.69, 9.17) is 0 Å². The Bertz CT molecular complexity index is 215. The van der Waals surface area contributed by atoms with Crippen LogP contribution in [-0.4, -0.2) is 26.2 Å². The maximum atomic E-state index is 10.2. The van der Waals surface area contributed by atoms with Crippen molar-refractivity contribution in [2.75, 3.05) is 0 Å². The van der Waals surface area contributed by atoms with Crippen LogP contribution in [0.3, 0.4) is 0 Å². The van der Waals surface area contributed by atoms with Crippen LogP contribution in [0.4, 0.5) is 0 Å². The Morgan fingerprint density at radius 1 is 0.923 bits per heavy atom. The summed E-state index contributed by atoms with van der Waals surface area (Å²) in [6.07, 6.45) is 5.00. The quantitative estimate of drug-likeness (QED) is 0.513. The Morgan fingerprint density at radius 3 is 1.85 bits per heavy atom. The number of hydrogen-bond donors (Lipinski definition) is 3. The van der Waals surface area contributed by atoms with Gasteiger partial charge in [0, 0.05) is 11.2 Å². The molecule has 2 unspecified atom stereocenters. The topological polar surface area (TPSA) is 40.5 Å². The van der Waals surface area contributed by atoms with E-state index in [-0.39, 0.29) is 4.75 Å². The van der Waals surface area contributed by atoms with Crippen molar-refractivity contribution in [3.05, 3.63) is 0 Å². The monoisotopic (exact) mass is 200 g/mol. The summed E-state index contributed by atoms with van der Waals surface area (Å²) in [5.74, 6) is 0.503. The van der Waals surface area contributed by atoms with Crippen LogP contribution in [0.25, 0.3) is 0 Å². The number of rotatable bonds is 0. The van der Waals surface area contributed by atoms with Crippen LogP contribution < -0.4 is 0 Å². The molecule has 2 nitrogen and oxygen atoms in total. The molecule has 0 heterocycles. The van der Waals surface area contributed by atoms with Gasteiger partial charge in [-0.05, 0) is 38.0 Å². The molecule has 0 aromatic heterocycles. The molecule has 0 saturated heterocycles.